The van der Waals surface area contributed by atoms with E-state index < -0.39 is 5.60 Å². The molecule has 6 heteroatoms. The molecule has 0 unspecified atom stereocenters. The normalized spacial score (nSPS) is 27.6. The van der Waals surface area contributed by atoms with E-state index in [2.05, 4.69) is 15.4 Å². The van der Waals surface area contributed by atoms with E-state index in [1.165, 1.54) is 0 Å². The molecule has 1 aliphatic rings. The summed E-state index contributed by atoms with van der Waals surface area (Å²) in [5.74, 6) is 0.761. The Labute approximate surface area is 116 Å². The minimum absolute atomic E-state index is 0.231. The Kier molecular flexibility index (Phi) is 3.11. The van der Waals surface area contributed by atoms with Crippen LogP contribution in [0.5, 0.6) is 0 Å². The number of anilines is 1. The van der Waals surface area contributed by atoms with Crippen LogP contribution in [0.4, 0.5) is 5.82 Å². The molecule has 0 saturated heterocycles. The number of aliphatic hydroxyl groups is 1. The summed E-state index contributed by atoms with van der Waals surface area (Å²) < 4.78 is 1.72. The second kappa shape index (κ2) is 4.65. The molecule has 102 valence electrons. The standard InChI is InChI=1S/C13H17ClN4O/c1-13(19)6-4-9(5-7-13)15-11-10-3-2-8-18(10)17-12(14)16-11/h2-3,8-9,19H,4-7H2,1H3,(H,15,16,17)/t9-,13+. The van der Waals surface area contributed by atoms with Crippen LogP contribution in [0.3, 0.4) is 0 Å². The zero-order valence-corrected chi connectivity index (χ0v) is 11.6. The molecule has 2 aromatic heterocycles. The topological polar surface area (TPSA) is 62.5 Å². The van der Waals surface area contributed by atoms with Gasteiger partial charge in [-0.1, -0.05) is 0 Å². The van der Waals surface area contributed by atoms with Crippen molar-refractivity contribution in [3.05, 3.63) is 23.6 Å². The van der Waals surface area contributed by atoms with Gasteiger partial charge in [0, 0.05) is 12.2 Å². The first-order valence-corrected chi connectivity index (χ1v) is 6.91. The molecule has 0 aliphatic heterocycles. The van der Waals surface area contributed by atoms with Crippen molar-refractivity contribution in [2.45, 2.75) is 44.2 Å². The third-order valence-electron chi connectivity index (χ3n) is 3.77. The van der Waals surface area contributed by atoms with Crippen LogP contribution in [0.15, 0.2) is 18.3 Å². The lowest BCUT2D eigenvalue weighted by atomic mass is 9.84. The summed E-state index contributed by atoms with van der Waals surface area (Å²) in [5.41, 5.74) is 0.396. The first-order valence-electron chi connectivity index (χ1n) is 6.53. The summed E-state index contributed by atoms with van der Waals surface area (Å²) in [6.45, 7) is 1.90. The highest BCUT2D eigenvalue weighted by molar-refractivity contribution is 6.28. The van der Waals surface area contributed by atoms with Crippen molar-refractivity contribution in [3.63, 3.8) is 0 Å². The van der Waals surface area contributed by atoms with E-state index in [0.29, 0.717) is 6.04 Å². The summed E-state index contributed by atoms with van der Waals surface area (Å²) >= 11 is 5.92. The smallest absolute Gasteiger partial charge is 0.243 e. The maximum absolute atomic E-state index is 9.96. The van der Waals surface area contributed by atoms with Crippen LogP contribution in [0.2, 0.25) is 5.28 Å². The Morgan fingerprint density at radius 2 is 2.21 bits per heavy atom. The van der Waals surface area contributed by atoms with Crippen LogP contribution in [0, 0.1) is 0 Å². The number of hydrogen-bond acceptors (Lipinski definition) is 4. The Morgan fingerprint density at radius 3 is 2.95 bits per heavy atom. The van der Waals surface area contributed by atoms with Gasteiger partial charge in [0.2, 0.25) is 5.28 Å². The minimum Gasteiger partial charge on any atom is -0.390 e. The van der Waals surface area contributed by atoms with Crippen LogP contribution < -0.4 is 5.32 Å². The number of hydrogen-bond donors (Lipinski definition) is 2. The predicted octanol–water partition coefficient (Wildman–Crippen LogP) is 2.49. The van der Waals surface area contributed by atoms with Crippen LogP contribution in [-0.2, 0) is 0 Å². The zero-order chi connectivity index (χ0) is 13.5. The molecule has 2 N–H and O–H groups in total. The summed E-state index contributed by atoms with van der Waals surface area (Å²) in [5, 5.41) is 17.7. The Morgan fingerprint density at radius 1 is 1.47 bits per heavy atom. The lowest BCUT2D eigenvalue weighted by Gasteiger charge is -2.33. The summed E-state index contributed by atoms with van der Waals surface area (Å²) in [4.78, 5) is 4.26. The lowest BCUT2D eigenvalue weighted by Crippen LogP contribution is -2.36. The zero-order valence-electron chi connectivity index (χ0n) is 10.8. The van der Waals surface area contributed by atoms with Gasteiger partial charge in [0.1, 0.15) is 5.52 Å². The number of nitrogens with one attached hydrogen (secondary N) is 1. The van der Waals surface area contributed by atoms with Crippen LogP contribution in [0.1, 0.15) is 32.6 Å². The molecule has 1 aliphatic carbocycles. The largest absolute Gasteiger partial charge is 0.390 e. The number of nitrogens with zero attached hydrogens (tertiary/aromatic N) is 3. The van der Waals surface area contributed by atoms with Crippen molar-refractivity contribution in [1.82, 2.24) is 14.6 Å². The number of aromatic nitrogens is 3. The fourth-order valence-electron chi connectivity index (χ4n) is 2.59. The molecule has 0 bridgehead atoms. The third kappa shape index (κ3) is 2.67. The quantitative estimate of drug-likeness (QED) is 0.887. The molecule has 0 atom stereocenters. The van der Waals surface area contributed by atoms with Gasteiger partial charge < -0.3 is 10.4 Å². The molecule has 0 radical (unpaired) electrons. The van der Waals surface area contributed by atoms with E-state index in [0.717, 1.165) is 37.0 Å². The lowest BCUT2D eigenvalue weighted by molar-refractivity contribution is 0.0196. The van der Waals surface area contributed by atoms with Gasteiger partial charge in [-0.3, -0.25) is 0 Å². The van der Waals surface area contributed by atoms with Gasteiger partial charge in [-0.15, -0.1) is 5.10 Å². The van der Waals surface area contributed by atoms with E-state index in [4.69, 9.17) is 11.6 Å². The molecule has 0 spiro atoms. The number of halogens is 1. The van der Waals surface area contributed by atoms with Gasteiger partial charge in [-0.05, 0) is 56.3 Å². The molecule has 0 amide bonds. The maximum Gasteiger partial charge on any atom is 0.243 e. The van der Waals surface area contributed by atoms with E-state index in [-0.39, 0.29) is 5.28 Å². The highest BCUT2D eigenvalue weighted by atomic mass is 35.5. The average molecular weight is 281 g/mol. The highest BCUT2D eigenvalue weighted by Crippen LogP contribution is 2.30. The Hall–Kier alpha value is -1.33. The molecule has 5 nitrogen and oxygen atoms in total. The van der Waals surface area contributed by atoms with Gasteiger partial charge in [0.25, 0.3) is 0 Å². The average Bonchev–Trinajstić information content (AvgIpc) is 2.80. The van der Waals surface area contributed by atoms with Gasteiger partial charge >= 0.3 is 0 Å². The summed E-state index contributed by atoms with van der Waals surface area (Å²) in [6.07, 6.45) is 5.32. The third-order valence-corrected chi connectivity index (χ3v) is 3.93. The number of fused-ring (bicyclic) bond motifs is 1. The SMILES string of the molecule is C[C@]1(O)CC[C@@H](Nc2nc(Cl)nn3cccc23)CC1. The van der Waals surface area contributed by atoms with Crippen molar-refractivity contribution in [3.8, 4) is 0 Å². The van der Waals surface area contributed by atoms with Crippen LogP contribution in [-0.4, -0.2) is 31.3 Å². The predicted molar refractivity (Wildman–Crippen MR) is 74.5 cm³/mol. The van der Waals surface area contributed by atoms with Crippen molar-refractivity contribution in [2.75, 3.05) is 5.32 Å². The monoisotopic (exact) mass is 280 g/mol. The van der Waals surface area contributed by atoms with Crippen molar-refractivity contribution < 1.29 is 5.11 Å². The van der Waals surface area contributed by atoms with Gasteiger partial charge in [0.15, 0.2) is 5.82 Å². The van der Waals surface area contributed by atoms with Crippen molar-refractivity contribution in [2.24, 2.45) is 0 Å². The van der Waals surface area contributed by atoms with E-state index >= 15 is 0 Å². The molecule has 3 rings (SSSR count). The molecule has 1 fully saturated rings. The van der Waals surface area contributed by atoms with Crippen molar-refractivity contribution in [1.29, 1.82) is 0 Å². The van der Waals surface area contributed by atoms with Crippen LogP contribution in [0.25, 0.3) is 5.52 Å². The molecule has 2 heterocycles. The van der Waals surface area contributed by atoms with E-state index in [1.54, 1.807) is 4.52 Å². The highest BCUT2D eigenvalue weighted by Gasteiger charge is 2.29. The van der Waals surface area contributed by atoms with Gasteiger partial charge in [-0.2, -0.15) is 4.98 Å². The Bertz CT molecular complexity index is 585. The second-order valence-corrected chi connectivity index (χ2v) is 5.82. The molecular formula is C13H17ClN4O. The van der Waals surface area contributed by atoms with Crippen molar-refractivity contribution >= 4 is 22.9 Å². The molecule has 2 aromatic rings. The second-order valence-electron chi connectivity index (χ2n) is 5.48. The van der Waals surface area contributed by atoms with Crippen LogP contribution >= 0.6 is 11.6 Å². The maximum atomic E-state index is 9.96. The molecular weight excluding hydrogens is 264 g/mol. The fraction of sp³-hybridized carbons (Fsp3) is 0.538. The van der Waals surface area contributed by atoms with Gasteiger partial charge in [-0.25, -0.2) is 4.52 Å². The minimum atomic E-state index is -0.522. The Balaban J connectivity index is 1.80. The van der Waals surface area contributed by atoms with E-state index in [9.17, 15) is 5.11 Å². The van der Waals surface area contributed by atoms with E-state index in [1.807, 2.05) is 25.3 Å². The molecule has 0 aromatic carbocycles. The van der Waals surface area contributed by atoms with Gasteiger partial charge in [0.05, 0.1) is 5.60 Å². The fourth-order valence-corrected chi connectivity index (χ4v) is 2.76. The first-order chi connectivity index (χ1) is 9.03. The first kappa shape index (κ1) is 12.7. The molecule has 1 saturated carbocycles. The molecule has 19 heavy (non-hydrogen) atoms. The summed E-state index contributed by atoms with van der Waals surface area (Å²) in [7, 11) is 0. The number of rotatable bonds is 2. The summed E-state index contributed by atoms with van der Waals surface area (Å²) in [6, 6.07) is 4.19.